The largest absolute Gasteiger partial charge is 0.507 e. The number of fused-ring (bicyclic) bond motifs is 1. The normalized spacial score (nSPS) is 14.6. The molecule has 364 valence electrons. The molecule has 0 fully saturated rings. The summed E-state index contributed by atoms with van der Waals surface area (Å²) in [6.07, 6.45) is 1.66. The molecule has 0 unspecified atom stereocenters. The maximum Gasteiger partial charge on any atom is 0.148 e. The van der Waals surface area contributed by atoms with Gasteiger partial charge in [-0.05, 0) is 108 Å². The van der Waals surface area contributed by atoms with E-state index in [9.17, 15) is 5.11 Å². The van der Waals surface area contributed by atoms with Crippen LogP contribution in [0.5, 0.6) is 5.75 Å². The SMILES string of the molecule is [2H]C([2H])([2H])C(c1ccc(-c2ccnc(-c3[c-]c(-c4cccc5c4nc(-c4cc(C(C)C)cc(C(C)C)c4O)n5-c4ccc(C(C)(C)C)cc4-c4ccc(C(C)(C)C)cc4)cc(-c4ccccc4)c3)c2)cc1)(C([2H])([2H])[2H])C([2H])([2H])[2H].[Pt]. The molecule has 0 saturated carbocycles. The molecule has 1 N–H and O–H groups in total. The predicted molar refractivity (Wildman–Crippen MR) is 296 cm³/mol. The van der Waals surface area contributed by atoms with Gasteiger partial charge in [0.2, 0.25) is 0 Å². The molecule has 0 atom stereocenters. The predicted octanol–water partition coefficient (Wildman–Crippen LogP) is 18.1. The molecule has 71 heavy (non-hydrogen) atoms. The van der Waals surface area contributed by atoms with E-state index in [1.54, 1.807) is 24.4 Å². The summed E-state index contributed by atoms with van der Waals surface area (Å²) in [7, 11) is 0. The number of pyridine rings is 1. The van der Waals surface area contributed by atoms with Crippen LogP contribution >= 0.6 is 0 Å². The minimum atomic E-state index is -3.38. The van der Waals surface area contributed by atoms with Gasteiger partial charge in [0, 0.05) is 50.9 Å². The molecule has 0 aliphatic rings. The summed E-state index contributed by atoms with van der Waals surface area (Å²) in [6, 6.07) is 53.2. The second-order valence-corrected chi connectivity index (χ2v) is 21.4. The topological polar surface area (TPSA) is 50.9 Å². The van der Waals surface area contributed by atoms with Crippen LogP contribution < -0.4 is 0 Å². The Morgan fingerprint density at radius 3 is 1.79 bits per heavy atom. The molecule has 7 aromatic carbocycles. The summed E-state index contributed by atoms with van der Waals surface area (Å²) in [5.41, 5.74) is 11.7. The van der Waals surface area contributed by atoms with Gasteiger partial charge in [-0.3, -0.25) is 9.55 Å². The number of rotatable bonds is 9. The van der Waals surface area contributed by atoms with Crippen molar-refractivity contribution < 1.29 is 38.5 Å². The van der Waals surface area contributed by atoms with Crippen LogP contribution in [0.1, 0.15) is 142 Å². The summed E-state index contributed by atoms with van der Waals surface area (Å²) in [5, 5.41) is 12.5. The van der Waals surface area contributed by atoms with Gasteiger partial charge in [0.1, 0.15) is 11.6 Å². The van der Waals surface area contributed by atoms with Gasteiger partial charge >= 0.3 is 0 Å². The van der Waals surface area contributed by atoms with Crippen molar-refractivity contribution in [1.82, 2.24) is 14.5 Å². The van der Waals surface area contributed by atoms with E-state index in [0.717, 1.165) is 55.7 Å². The Hall–Kier alpha value is -6.35. The third-order valence-electron chi connectivity index (χ3n) is 13.5. The van der Waals surface area contributed by atoms with Crippen molar-refractivity contribution in [2.45, 2.75) is 118 Å². The van der Waals surface area contributed by atoms with E-state index >= 15 is 0 Å². The average molecular weight is 1120 g/mol. The van der Waals surface area contributed by atoms with E-state index < -0.39 is 26.0 Å². The third-order valence-corrected chi connectivity index (χ3v) is 13.5. The first kappa shape index (κ1) is 40.3. The fraction of sp³-hybridized carbons (Fsp3) is 0.273. The van der Waals surface area contributed by atoms with Crippen molar-refractivity contribution in [2.24, 2.45) is 0 Å². The molecule has 0 aliphatic heterocycles. The summed E-state index contributed by atoms with van der Waals surface area (Å²) in [4.78, 5) is 10.5. The molecule has 4 nitrogen and oxygen atoms in total. The minimum absolute atomic E-state index is 0. The number of aromatic nitrogens is 3. The number of para-hydroxylation sites is 1. The average Bonchev–Trinajstić information content (AvgIpc) is 3.76. The van der Waals surface area contributed by atoms with Crippen LogP contribution in [0.15, 0.2) is 158 Å². The van der Waals surface area contributed by atoms with E-state index in [1.807, 2.05) is 48.5 Å². The number of nitrogens with zero attached hydrogens (tertiary/aromatic N) is 3. The van der Waals surface area contributed by atoms with Crippen LogP contribution in [0.4, 0.5) is 0 Å². The van der Waals surface area contributed by atoms with Crippen molar-refractivity contribution in [3.63, 3.8) is 0 Å². The van der Waals surface area contributed by atoms with Crippen LogP contribution in [0.2, 0.25) is 0 Å². The maximum atomic E-state index is 12.5. The van der Waals surface area contributed by atoms with E-state index in [-0.39, 0.29) is 55.0 Å². The van der Waals surface area contributed by atoms with Crippen molar-refractivity contribution in [2.75, 3.05) is 0 Å². The number of phenols is 1. The molecule has 0 bridgehead atoms. The van der Waals surface area contributed by atoms with Gasteiger partial charge in [0.15, 0.2) is 0 Å². The van der Waals surface area contributed by atoms with Gasteiger partial charge in [-0.25, -0.2) is 4.98 Å². The molecule has 9 rings (SSSR count). The van der Waals surface area contributed by atoms with Crippen LogP contribution in [-0.2, 0) is 37.3 Å². The van der Waals surface area contributed by atoms with Gasteiger partial charge in [-0.15, -0.1) is 23.8 Å². The number of hydrogen-bond donors (Lipinski definition) is 1. The zero-order chi connectivity index (χ0) is 57.4. The van der Waals surface area contributed by atoms with Gasteiger partial charge in [0.05, 0.1) is 22.3 Å². The fourth-order valence-electron chi connectivity index (χ4n) is 9.26. The molecule has 9 aromatic rings. The van der Waals surface area contributed by atoms with Crippen molar-refractivity contribution in [1.29, 1.82) is 0 Å². The number of imidazole rings is 1. The standard InChI is InChI=1S/C66H68N3O.Pt/c1-41(2)47-37-55(42(3)4)62(70)57(38-47)63-68-61-54(20-17-21-60(61)69(63)59-31-30-53(66(11,12)13)40-56(59)45-24-28-52(29-25-45)65(8,9)10)49-34-48(43-18-15-14-16-19-43)35-50(36-49)58-39-46(32-33-67-58)44-22-26-51(27-23-44)64(5,6)7;/h14-35,37-42,70H,1-13H3;/q-1;/i5D3,6D3,7D3;. The van der Waals surface area contributed by atoms with E-state index in [2.05, 4.69) is 153 Å². The van der Waals surface area contributed by atoms with Gasteiger partial charge < -0.3 is 5.11 Å². The van der Waals surface area contributed by atoms with E-state index in [0.29, 0.717) is 39.3 Å². The second kappa shape index (κ2) is 19.7. The van der Waals surface area contributed by atoms with Crippen LogP contribution in [0, 0.1) is 6.07 Å². The van der Waals surface area contributed by atoms with Gasteiger partial charge in [0.25, 0.3) is 0 Å². The molecule has 0 aliphatic carbocycles. The van der Waals surface area contributed by atoms with Gasteiger partial charge in [-0.1, -0.05) is 216 Å². The molecular weight excluding hydrogens is 1050 g/mol. The Bertz CT molecular complexity index is 3680. The number of benzene rings is 7. The van der Waals surface area contributed by atoms with Crippen molar-refractivity contribution in [3.05, 3.63) is 192 Å². The summed E-state index contributed by atoms with van der Waals surface area (Å²) in [5.74, 6) is 0.968. The third kappa shape index (κ3) is 10.4. The number of aromatic hydroxyl groups is 1. The Kier molecular flexibility index (Phi) is 11.2. The van der Waals surface area contributed by atoms with E-state index in [4.69, 9.17) is 22.3 Å². The van der Waals surface area contributed by atoms with E-state index in [1.165, 1.54) is 23.3 Å². The van der Waals surface area contributed by atoms with Crippen molar-refractivity contribution >= 4 is 11.0 Å². The molecule has 0 radical (unpaired) electrons. The number of hydrogen-bond acceptors (Lipinski definition) is 3. The first-order chi connectivity index (χ1) is 36.9. The van der Waals surface area contributed by atoms with Crippen LogP contribution in [0.25, 0.3) is 83.9 Å². The van der Waals surface area contributed by atoms with Crippen LogP contribution in [0.3, 0.4) is 0 Å². The number of phenolic OH excluding ortho intramolecular Hbond substituents is 1. The zero-order valence-electron chi connectivity index (χ0n) is 51.3. The molecule has 2 heterocycles. The second-order valence-electron chi connectivity index (χ2n) is 21.4. The first-order valence-electron chi connectivity index (χ1n) is 28.8. The molecule has 5 heteroatoms. The maximum absolute atomic E-state index is 12.5. The molecule has 0 saturated heterocycles. The quantitative estimate of drug-likeness (QED) is 0.147. The molecular formula is C66H68N3OPt-. The summed E-state index contributed by atoms with van der Waals surface area (Å²) >= 11 is 0. The molecule has 2 aromatic heterocycles. The minimum Gasteiger partial charge on any atom is -0.507 e. The van der Waals surface area contributed by atoms with Crippen molar-refractivity contribution in [3.8, 4) is 78.6 Å². The van der Waals surface area contributed by atoms with Crippen LogP contribution in [-0.4, -0.2) is 19.6 Å². The monoisotopic (exact) mass is 1120 g/mol. The Morgan fingerprint density at radius 1 is 0.535 bits per heavy atom. The zero-order valence-corrected chi connectivity index (χ0v) is 44.5. The smallest absolute Gasteiger partial charge is 0.148 e. The fourth-order valence-corrected chi connectivity index (χ4v) is 9.26. The molecule has 0 spiro atoms. The molecule has 0 amide bonds. The Morgan fingerprint density at radius 2 is 1.15 bits per heavy atom. The Balaban J connectivity index is 0.00000841. The Labute approximate surface area is 450 Å². The summed E-state index contributed by atoms with van der Waals surface area (Å²) in [6.45, 7) is 11.7. The first-order valence-corrected chi connectivity index (χ1v) is 24.3. The summed E-state index contributed by atoms with van der Waals surface area (Å²) < 4.78 is 76.4. The van der Waals surface area contributed by atoms with Gasteiger partial charge in [-0.2, -0.15) is 0 Å².